The van der Waals surface area contributed by atoms with Crippen LogP contribution in [0.4, 0.5) is 5.69 Å². The molecule has 0 aliphatic heterocycles. The molecule has 18 heavy (non-hydrogen) atoms. The average molecular weight is 263 g/mol. The number of anilines is 1. The molecular formula is C16H26NP. The van der Waals surface area contributed by atoms with E-state index in [0.29, 0.717) is 5.78 Å². The Morgan fingerprint density at radius 1 is 1.17 bits per heavy atom. The number of hydrogen-bond donors (Lipinski definition) is 0. The van der Waals surface area contributed by atoms with Crippen LogP contribution in [0.15, 0.2) is 54.3 Å². The van der Waals surface area contributed by atoms with Crippen LogP contribution in [0.5, 0.6) is 0 Å². The van der Waals surface area contributed by atoms with Gasteiger partial charge in [0.05, 0.1) is 0 Å². The van der Waals surface area contributed by atoms with Crippen molar-refractivity contribution < 1.29 is 0 Å². The molecule has 1 aromatic carbocycles. The van der Waals surface area contributed by atoms with Crippen LogP contribution in [0.1, 0.15) is 34.6 Å². The molecule has 1 aromatic rings. The lowest BCUT2D eigenvalue weighted by atomic mass is 10.2. The van der Waals surface area contributed by atoms with Gasteiger partial charge in [0.25, 0.3) is 0 Å². The number of para-hydroxylation sites is 1. The third-order valence-electron chi connectivity index (χ3n) is 2.35. The van der Waals surface area contributed by atoms with Crippen molar-refractivity contribution in [2.45, 2.75) is 40.4 Å². The zero-order valence-corrected chi connectivity index (χ0v) is 13.4. The average Bonchev–Trinajstić information content (AvgIpc) is 2.41. The van der Waals surface area contributed by atoms with Crippen molar-refractivity contribution in [2.75, 3.05) is 4.90 Å². The van der Waals surface area contributed by atoms with E-state index in [1.54, 1.807) is 0 Å². The minimum atomic E-state index is 0.366. The van der Waals surface area contributed by atoms with E-state index in [9.17, 15) is 0 Å². The number of allylic oxidation sites excluding steroid dienone is 3. The lowest BCUT2D eigenvalue weighted by Gasteiger charge is -2.29. The van der Waals surface area contributed by atoms with Gasteiger partial charge in [0.2, 0.25) is 0 Å². The molecule has 0 saturated carbocycles. The zero-order valence-electron chi connectivity index (χ0n) is 12.2. The molecule has 0 amide bonds. The minimum Gasteiger partial charge on any atom is -0.335 e. The van der Waals surface area contributed by atoms with Crippen LogP contribution >= 0.6 is 9.24 Å². The summed E-state index contributed by atoms with van der Waals surface area (Å²) in [5.41, 5.74) is 2.44. The van der Waals surface area contributed by atoms with Crippen molar-refractivity contribution >= 4 is 14.9 Å². The third-order valence-corrected chi connectivity index (χ3v) is 2.65. The van der Waals surface area contributed by atoms with E-state index >= 15 is 0 Å². The summed E-state index contributed by atoms with van der Waals surface area (Å²) in [7, 11) is 2.84. The van der Waals surface area contributed by atoms with Gasteiger partial charge in [-0.2, -0.15) is 0 Å². The van der Waals surface area contributed by atoms with E-state index < -0.39 is 0 Å². The van der Waals surface area contributed by atoms with Crippen molar-refractivity contribution in [3.63, 3.8) is 0 Å². The molecule has 100 valence electrons. The first-order valence-corrected chi connectivity index (χ1v) is 7.26. The molecule has 2 atom stereocenters. The smallest absolute Gasteiger partial charge is 0.0451 e. The van der Waals surface area contributed by atoms with Gasteiger partial charge in [-0.05, 0) is 39.0 Å². The van der Waals surface area contributed by atoms with Crippen molar-refractivity contribution in [2.24, 2.45) is 0 Å². The Bertz CT molecular complexity index is 366. The number of benzene rings is 1. The summed E-state index contributed by atoms with van der Waals surface area (Å²) in [6.45, 7) is 10.3. The second-order valence-corrected chi connectivity index (χ2v) is 4.62. The molecule has 0 heterocycles. The summed E-state index contributed by atoms with van der Waals surface area (Å²) in [6, 6.07) is 10.4. The largest absolute Gasteiger partial charge is 0.335 e. The highest BCUT2D eigenvalue weighted by Gasteiger charge is 2.12. The Labute approximate surface area is 115 Å². The summed E-state index contributed by atoms with van der Waals surface area (Å²) >= 11 is 0. The van der Waals surface area contributed by atoms with Crippen molar-refractivity contribution in [1.82, 2.24) is 0 Å². The Morgan fingerprint density at radius 2 is 1.72 bits per heavy atom. The second kappa shape index (κ2) is 9.91. The molecule has 1 nitrogen and oxygen atoms in total. The van der Waals surface area contributed by atoms with Crippen molar-refractivity contribution in [3.05, 3.63) is 54.3 Å². The van der Waals surface area contributed by atoms with E-state index in [1.807, 2.05) is 26.8 Å². The highest BCUT2D eigenvalue weighted by atomic mass is 31.0. The predicted molar refractivity (Wildman–Crippen MR) is 88.0 cm³/mol. The Balaban J connectivity index is 0.00000137. The molecule has 0 bridgehead atoms. The van der Waals surface area contributed by atoms with Gasteiger partial charge in [-0.3, -0.25) is 0 Å². The SMILES string of the molecule is C/C=C\C(=C/C)N(c1ccccc1)C(C)P.CC. The molecule has 2 heteroatoms. The normalized spacial score (nSPS) is 12.9. The van der Waals surface area contributed by atoms with Crippen LogP contribution in [0.25, 0.3) is 0 Å². The minimum absolute atomic E-state index is 0.366. The monoisotopic (exact) mass is 263 g/mol. The van der Waals surface area contributed by atoms with Crippen LogP contribution in [-0.4, -0.2) is 5.78 Å². The Kier molecular flexibility index (Phi) is 9.32. The van der Waals surface area contributed by atoms with E-state index in [2.05, 4.69) is 70.5 Å². The second-order valence-electron chi connectivity index (χ2n) is 3.66. The topological polar surface area (TPSA) is 3.24 Å². The quantitative estimate of drug-likeness (QED) is 0.531. The fraction of sp³-hybridized carbons (Fsp3) is 0.375. The molecule has 0 radical (unpaired) electrons. The van der Waals surface area contributed by atoms with Gasteiger partial charge >= 0.3 is 0 Å². The fourth-order valence-electron chi connectivity index (χ4n) is 1.69. The zero-order chi connectivity index (χ0) is 14.0. The molecule has 0 fully saturated rings. The summed E-state index contributed by atoms with van der Waals surface area (Å²) in [5.74, 6) is 0.366. The first kappa shape index (κ1) is 16.9. The van der Waals surface area contributed by atoms with Crippen molar-refractivity contribution in [3.8, 4) is 0 Å². The van der Waals surface area contributed by atoms with E-state index in [-0.39, 0.29) is 0 Å². The van der Waals surface area contributed by atoms with Crippen LogP contribution in [0, 0.1) is 0 Å². The maximum Gasteiger partial charge on any atom is 0.0451 e. The molecule has 0 aromatic heterocycles. The number of hydrogen-bond acceptors (Lipinski definition) is 1. The molecule has 2 unspecified atom stereocenters. The third kappa shape index (κ3) is 5.06. The first-order valence-electron chi connectivity index (χ1n) is 6.59. The molecule has 0 saturated heterocycles. The number of nitrogens with zero attached hydrogens (tertiary/aromatic N) is 1. The summed E-state index contributed by atoms with van der Waals surface area (Å²) < 4.78 is 0. The highest BCUT2D eigenvalue weighted by molar-refractivity contribution is 7.17. The predicted octanol–water partition coefficient (Wildman–Crippen LogP) is 5.22. The van der Waals surface area contributed by atoms with Crippen LogP contribution in [0.3, 0.4) is 0 Å². The first-order chi connectivity index (χ1) is 8.70. The lowest BCUT2D eigenvalue weighted by Crippen LogP contribution is -2.26. The molecule has 0 spiro atoms. The van der Waals surface area contributed by atoms with Gasteiger partial charge in [-0.25, -0.2) is 0 Å². The number of rotatable bonds is 4. The van der Waals surface area contributed by atoms with Gasteiger partial charge < -0.3 is 4.90 Å². The van der Waals surface area contributed by atoms with Gasteiger partial charge in [0, 0.05) is 17.2 Å². The fourth-order valence-corrected chi connectivity index (χ4v) is 2.04. The van der Waals surface area contributed by atoms with Crippen molar-refractivity contribution in [1.29, 1.82) is 0 Å². The summed E-state index contributed by atoms with van der Waals surface area (Å²) in [6.07, 6.45) is 6.33. The van der Waals surface area contributed by atoms with E-state index in [1.165, 1.54) is 11.4 Å². The highest BCUT2D eigenvalue weighted by Crippen LogP contribution is 2.25. The Morgan fingerprint density at radius 3 is 2.11 bits per heavy atom. The molecule has 0 aliphatic carbocycles. The van der Waals surface area contributed by atoms with Gasteiger partial charge in [-0.15, -0.1) is 9.24 Å². The summed E-state index contributed by atoms with van der Waals surface area (Å²) in [4.78, 5) is 2.30. The van der Waals surface area contributed by atoms with Gasteiger partial charge in [0.1, 0.15) is 0 Å². The Hall–Kier alpha value is -1.07. The molecular weight excluding hydrogens is 237 g/mol. The van der Waals surface area contributed by atoms with E-state index in [4.69, 9.17) is 0 Å². The van der Waals surface area contributed by atoms with Gasteiger partial charge in [0.15, 0.2) is 0 Å². The van der Waals surface area contributed by atoms with Crippen LogP contribution in [-0.2, 0) is 0 Å². The van der Waals surface area contributed by atoms with E-state index in [0.717, 1.165) is 0 Å². The molecule has 1 rings (SSSR count). The standard InChI is InChI=1S/C14H20NP.C2H6/c1-4-9-13(5-2)15(12(3)16)14-10-7-6-8-11-14;1-2/h4-12H,16H2,1-3H3;1-2H3/b9-4-,13-5+;. The maximum atomic E-state index is 2.84. The molecule has 0 N–H and O–H groups in total. The maximum absolute atomic E-state index is 2.84. The summed E-state index contributed by atoms with van der Waals surface area (Å²) in [5, 5.41) is 0. The van der Waals surface area contributed by atoms with Crippen LogP contribution in [0.2, 0.25) is 0 Å². The molecule has 0 aliphatic rings. The van der Waals surface area contributed by atoms with Crippen LogP contribution < -0.4 is 4.90 Å². The van der Waals surface area contributed by atoms with Gasteiger partial charge in [-0.1, -0.05) is 44.2 Å². The lowest BCUT2D eigenvalue weighted by molar-refractivity contribution is 0.917.